The highest BCUT2D eigenvalue weighted by Crippen LogP contribution is 2.30. The van der Waals surface area contributed by atoms with Gasteiger partial charge in [-0.05, 0) is 36.1 Å². The van der Waals surface area contributed by atoms with Crippen molar-refractivity contribution in [1.82, 2.24) is 24.7 Å². The smallest absolute Gasteiger partial charge is 0.368 e. The number of halogens is 3. The maximum absolute atomic E-state index is 13.4. The van der Waals surface area contributed by atoms with Gasteiger partial charge in [-0.1, -0.05) is 24.3 Å². The molecule has 178 valence electrons. The van der Waals surface area contributed by atoms with Crippen LogP contribution in [0, 0.1) is 5.92 Å². The Labute approximate surface area is 192 Å². The zero-order chi connectivity index (χ0) is 24.0. The van der Waals surface area contributed by atoms with Gasteiger partial charge < -0.3 is 15.5 Å². The third-order valence-corrected chi connectivity index (χ3v) is 6.53. The van der Waals surface area contributed by atoms with E-state index in [1.54, 1.807) is 11.0 Å². The van der Waals surface area contributed by atoms with E-state index in [1.807, 2.05) is 29.2 Å². The van der Waals surface area contributed by atoms with Crippen LogP contribution in [0.1, 0.15) is 29.8 Å². The molecular formula is C22H22F3N7O2. The van der Waals surface area contributed by atoms with Gasteiger partial charge in [0.25, 0.3) is 5.82 Å². The van der Waals surface area contributed by atoms with Gasteiger partial charge in [0, 0.05) is 32.0 Å². The number of carbonyl (C=O) groups excluding carboxylic acids is 2. The van der Waals surface area contributed by atoms with Gasteiger partial charge in [0.05, 0.1) is 0 Å². The Morgan fingerprint density at radius 2 is 1.71 bits per heavy atom. The molecule has 2 N–H and O–H groups in total. The zero-order valence-corrected chi connectivity index (χ0v) is 18.1. The van der Waals surface area contributed by atoms with Gasteiger partial charge in [-0.3, -0.25) is 9.59 Å². The number of piperidine rings is 1. The van der Waals surface area contributed by atoms with Gasteiger partial charge in [-0.2, -0.15) is 17.7 Å². The minimum Gasteiger partial charge on any atom is -0.368 e. The summed E-state index contributed by atoms with van der Waals surface area (Å²) in [6, 6.07) is 10.0. The highest BCUT2D eigenvalue weighted by atomic mass is 19.4. The molecular weight excluding hydrogens is 451 g/mol. The molecule has 2 aromatic heterocycles. The summed E-state index contributed by atoms with van der Waals surface area (Å²) in [7, 11) is 0. The fraction of sp³-hybridized carbons (Fsp3) is 0.409. The number of benzene rings is 1. The van der Waals surface area contributed by atoms with E-state index in [0.717, 1.165) is 11.1 Å². The summed E-state index contributed by atoms with van der Waals surface area (Å²) < 4.78 is 40.2. The first-order chi connectivity index (χ1) is 16.2. The van der Waals surface area contributed by atoms with E-state index in [9.17, 15) is 22.8 Å². The fourth-order valence-electron chi connectivity index (χ4n) is 4.72. The van der Waals surface area contributed by atoms with Gasteiger partial charge in [-0.15, -0.1) is 15.3 Å². The standard InChI is InChI=1S/C22H22F3N7O2/c23-22(24,25)21-28-27-17-5-6-18(29-32(17)21)30-9-7-13(8-10-30)20(34)31-12-15-4-2-1-3-14(15)11-16(31)19(26)33/h1-6,13,16H,7-12H2,(H2,26,33)/t16-/m0/s1. The summed E-state index contributed by atoms with van der Waals surface area (Å²) in [6.07, 6.45) is -3.32. The largest absolute Gasteiger partial charge is 0.453 e. The van der Waals surface area contributed by atoms with Crippen LogP contribution in [0.3, 0.4) is 0 Å². The molecule has 9 nitrogen and oxygen atoms in total. The van der Waals surface area contributed by atoms with Crippen LogP contribution in [-0.2, 0) is 28.7 Å². The minimum absolute atomic E-state index is 0.00371. The number of alkyl halides is 3. The second-order valence-corrected chi connectivity index (χ2v) is 8.60. The zero-order valence-electron chi connectivity index (χ0n) is 18.1. The number of amides is 2. The van der Waals surface area contributed by atoms with Gasteiger partial charge in [0.15, 0.2) is 5.65 Å². The lowest BCUT2D eigenvalue weighted by atomic mass is 9.89. The van der Waals surface area contributed by atoms with Crippen molar-refractivity contribution >= 4 is 23.3 Å². The van der Waals surface area contributed by atoms with E-state index >= 15 is 0 Å². The van der Waals surface area contributed by atoms with Crippen LogP contribution in [-0.4, -0.2) is 55.7 Å². The molecule has 0 saturated carbocycles. The number of nitrogens with zero attached hydrogens (tertiary/aromatic N) is 6. The third kappa shape index (κ3) is 3.93. The van der Waals surface area contributed by atoms with Crippen LogP contribution < -0.4 is 10.6 Å². The number of rotatable bonds is 3. The summed E-state index contributed by atoms with van der Waals surface area (Å²) in [5.41, 5.74) is 7.63. The molecule has 4 heterocycles. The first-order valence-corrected chi connectivity index (χ1v) is 10.9. The van der Waals surface area contributed by atoms with Crippen molar-refractivity contribution in [3.63, 3.8) is 0 Å². The first-order valence-electron chi connectivity index (χ1n) is 10.9. The lowest BCUT2D eigenvalue weighted by Crippen LogP contribution is -2.54. The molecule has 12 heteroatoms. The molecule has 2 aliphatic heterocycles. The highest BCUT2D eigenvalue weighted by molar-refractivity contribution is 5.88. The average Bonchev–Trinajstić information content (AvgIpc) is 3.27. The Kier molecular flexibility index (Phi) is 5.37. The van der Waals surface area contributed by atoms with E-state index in [2.05, 4.69) is 15.3 Å². The summed E-state index contributed by atoms with van der Waals surface area (Å²) in [4.78, 5) is 28.9. The summed E-state index contributed by atoms with van der Waals surface area (Å²) >= 11 is 0. The Morgan fingerprint density at radius 1 is 1.00 bits per heavy atom. The van der Waals surface area contributed by atoms with Crippen LogP contribution in [0.2, 0.25) is 0 Å². The SMILES string of the molecule is NC(=O)[C@@H]1Cc2ccccc2CN1C(=O)C1CCN(c2ccc3nnc(C(F)(F)F)n3n2)CC1. The molecule has 0 bridgehead atoms. The predicted molar refractivity (Wildman–Crippen MR) is 114 cm³/mol. The van der Waals surface area contributed by atoms with Gasteiger partial charge in [-0.25, -0.2) is 0 Å². The second-order valence-electron chi connectivity index (χ2n) is 8.60. The van der Waals surface area contributed by atoms with Crippen LogP contribution in [0.5, 0.6) is 0 Å². The van der Waals surface area contributed by atoms with E-state index in [-0.39, 0.29) is 17.5 Å². The van der Waals surface area contributed by atoms with Crippen LogP contribution in [0.15, 0.2) is 36.4 Å². The van der Waals surface area contributed by atoms with E-state index in [1.165, 1.54) is 6.07 Å². The number of hydrogen-bond donors (Lipinski definition) is 1. The van der Waals surface area contributed by atoms with E-state index in [4.69, 9.17) is 5.73 Å². The second kappa shape index (κ2) is 8.26. The first kappa shape index (κ1) is 22.1. The molecule has 1 saturated heterocycles. The molecule has 1 fully saturated rings. The molecule has 2 aliphatic rings. The summed E-state index contributed by atoms with van der Waals surface area (Å²) in [6.45, 7) is 1.20. The monoisotopic (exact) mass is 473 g/mol. The molecule has 2 amide bonds. The Hall–Kier alpha value is -3.70. The molecule has 5 rings (SSSR count). The van der Waals surface area contributed by atoms with E-state index in [0.29, 0.717) is 49.2 Å². The minimum atomic E-state index is -4.67. The lowest BCUT2D eigenvalue weighted by molar-refractivity contribution is -0.146. The molecule has 0 aliphatic carbocycles. The van der Waals surface area contributed by atoms with Crippen molar-refractivity contribution < 1.29 is 22.8 Å². The Morgan fingerprint density at radius 3 is 2.38 bits per heavy atom. The molecule has 1 atom stereocenters. The molecule has 3 aromatic rings. The van der Waals surface area contributed by atoms with Crippen LogP contribution in [0.4, 0.5) is 19.0 Å². The molecule has 0 spiro atoms. The van der Waals surface area contributed by atoms with Crippen molar-refractivity contribution in [3.8, 4) is 0 Å². The fourth-order valence-corrected chi connectivity index (χ4v) is 4.72. The maximum Gasteiger partial charge on any atom is 0.453 e. The number of primary amides is 1. The van der Waals surface area contributed by atoms with Crippen LogP contribution in [0.25, 0.3) is 5.65 Å². The third-order valence-electron chi connectivity index (χ3n) is 6.53. The van der Waals surface area contributed by atoms with Crippen molar-refractivity contribution in [3.05, 3.63) is 53.3 Å². The van der Waals surface area contributed by atoms with Gasteiger partial charge in [0.1, 0.15) is 11.9 Å². The molecule has 1 aromatic carbocycles. The quantitative estimate of drug-likeness (QED) is 0.621. The molecule has 34 heavy (non-hydrogen) atoms. The Balaban J connectivity index is 1.30. The van der Waals surface area contributed by atoms with Gasteiger partial charge in [0.2, 0.25) is 11.8 Å². The highest BCUT2D eigenvalue weighted by Gasteiger charge is 2.39. The normalized spacial score (nSPS) is 19.3. The van der Waals surface area contributed by atoms with Crippen molar-refractivity contribution in [2.75, 3.05) is 18.0 Å². The predicted octanol–water partition coefficient (Wildman–Crippen LogP) is 1.80. The average molecular weight is 473 g/mol. The summed E-state index contributed by atoms with van der Waals surface area (Å²) in [5.74, 6) is -1.80. The van der Waals surface area contributed by atoms with Crippen molar-refractivity contribution in [2.24, 2.45) is 11.7 Å². The van der Waals surface area contributed by atoms with E-state index < -0.39 is 23.9 Å². The van der Waals surface area contributed by atoms with Crippen LogP contribution >= 0.6 is 0 Å². The van der Waals surface area contributed by atoms with Gasteiger partial charge >= 0.3 is 6.18 Å². The molecule has 0 unspecified atom stereocenters. The number of aromatic nitrogens is 4. The molecule has 0 radical (unpaired) electrons. The summed E-state index contributed by atoms with van der Waals surface area (Å²) in [5, 5.41) is 10.8. The number of nitrogens with two attached hydrogens (primary N) is 1. The number of anilines is 1. The Bertz CT molecular complexity index is 1250. The topological polar surface area (TPSA) is 110 Å². The lowest BCUT2D eigenvalue weighted by Gasteiger charge is -2.39. The maximum atomic E-state index is 13.4. The number of hydrogen-bond acceptors (Lipinski definition) is 6. The van der Waals surface area contributed by atoms with Crippen molar-refractivity contribution in [2.45, 2.75) is 38.0 Å². The van der Waals surface area contributed by atoms with Crippen molar-refractivity contribution in [1.29, 1.82) is 0 Å². The number of carbonyl (C=O) groups is 2. The number of fused-ring (bicyclic) bond motifs is 2.